The molecule has 5 rings (SSSR count). The van der Waals surface area contributed by atoms with E-state index >= 15 is 0 Å². The van der Waals surface area contributed by atoms with E-state index in [1.165, 1.54) is 31.4 Å². The Hall–Kier alpha value is -0.580. The van der Waals surface area contributed by atoms with Gasteiger partial charge in [0, 0.05) is 11.0 Å². The minimum atomic E-state index is 0.482. The van der Waals surface area contributed by atoms with Crippen molar-refractivity contribution >= 4 is 38.6 Å². The number of aromatic nitrogens is 2. The van der Waals surface area contributed by atoms with Crippen LogP contribution in [-0.2, 0) is 5.88 Å². The van der Waals surface area contributed by atoms with Crippen LogP contribution in [0.3, 0.4) is 0 Å². The second-order valence-electron chi connectivity index (χ2n) is 5.87. The third-order valence-electron chi connectivity index (χ3n) is 4.80. The second kappa shape index (κ2) is 5.00. The zero-order valence-corrected chi connectivity index (χ0v) is 13.6. The molecule has 20 heavy (non-hydrogen) atoms. The van der Waals surface area contributed by atoms with Crippen molar-refractivity contribution in [3.63, 3.8) is 0 Å². The minimum absolute atomic E-state index is 0.482. The summed E-state index contributed by atoms with van der Waals surface area (Å²) in [6, 6.07) is 6.89. The molecule has 0 saturated carbocycles. The maximum atomic E-state index is 6.16. The molecule has 0 spiro atoms. The quantitative estimate of drug-likeness (QED) is 0.765. The Labute approximate surface area is 132 Å². The fourth-order valence-corrected chi connectivity index (χ4v) is 4.35. The van der Waals surface area contributed by atoms with Crippen molar-refractivity contribution in [2.75, 3.05) is 19.6 Å². The first-order valence-electron chi connectivity index (χ1n) is 7.21. The van der Waals surface area contributed by atoms with E-state index in [-0.39, 0.29) is 0 Å². The average molecular weight is 355 g/mol. The molecule has 1 aromatic carbocycles. The summed E-state index contributed by atoms with van der Waals surface area (Å²) in [6.07, 6.45) is 2.62. The van der Waals surface area contributed by atoms with Crippen LogP contribution < -0.4 is 0 Å². The van der Waals surface area contributed by atoms with Crippen molar-refractivity contribution in [2.24, 2.45) is 5.92 Å². The SMILES string of the molecule is ClCc1nc2cc(Br)ccc2n1C1CN2CCC1CC2. The van der Waals surface area contributed by atoms with Gasteiger partial charge in [-0.1, -0.05) is 15.9 Å². The molecule has 0 amide bonds. The van der Waals surface area contributed by atoms with Crippen molar-refractivity contribution in [1.29, 1.82) is 0 Å². The minimum Gasteiger partial charge on any atom is -0.322 e. The molecule has 0 radical (unpaired) electrons. The molecule has 2 aromatic rings. The van der Waals surface area contributed by atoms with Crippen LogP contribution in [0.15, 0.2) is 22.7 Å². The Morgan fingerprint density at radius 1 is 1.30 bits per heavy atom. The van der Waals surface area contributed by atoms with E-state index in [0.717, 1.165) is 28.3 Å². The molecule has 106 valence electrons. The lowest BCUT2D eigenvalue weighted by atomic mass is 9.83. The largest absolute Gasteiger partial charge is 0.322 e. The molecule has 0 N–H and O–H groups in total. The number of hydrogen-bond donors (Lipinski definition) is 0. The second-order valence-corrected chi connectivity index (χ2v) is 7.05. The zero-order valence-electron chi connectivity index (χ0n) is 11.2. The van der Waals surface area contributed by atoms with Gasteiger partial charge in [0.05, 0.1) is 23.0 Å². The molecular weight excluding hydrogens is 338 g/mol. The molecule has 3 saturated heterocycles. The van der Waals surface area contributed by atoms with Crippen LogP contribution in [0.4, 0.5) is 0 Å². The van der Waals surface area contributed by atoms with Crippen LogP contribution in [0.1, 0.15) is 24.7 Å². The standard InChI is InChI=1S/C15H17BrClN3/c16-11-1-2-13-12(7-11)18-15(8-17)20(13)14-9-19-5-3-10(14)4-6-19/h1-2,7,10,14H,3-6,8-9H2. The first kappa shape index (κ1) is 13.1. The fourth-order valence-electron chi connectivity index (χ4n) is 3.81. The summed E-state index contributed by atoms with van der Waals surface area (Å²) in [6.45, 7) is 3.67. The van der Waals surface area contributed by atoms with E-state index in [1.807, 2.05) is 0 Å². The van der Waals surface area contributed by atoms with Crippen LogP contribution >= 0.6 is 27.5 Å². The highest BCUT2D eigenvalue weighted by molar-refractivity contribution is 9.10. The van der Waals surface area contributed by atoms with E-state index < -0.39 is 0 Å². The monoisotopic (exact) mass is 353 g/mol. The van der Waals surface area contributed by atoms with Crippen molar-refractivity contribution in [2.45, 2.75) is 24.8 Å². The molecule has 1 unspecified atom stereocenters. The number of imidazole rings is 1. The maximum absolute atomic E-state index is 6.16. The van der Waals surface area contributed by atoms with Crippen LogP contribution in [0.25, 0.3) is 11.0 Å². The van der Waals surface area contributed by atoms with E-state index in [4.69, 9.17) is 16.6 Å². The van der Waals surface area contributed by atoms with Gasteiger partial charge in [-0.05, 0) is 50.0 Å². The zero-order chi connectivity index (χ0) is 13.7. The maximum Gasteiger partial charge on any atom is 0.125 e. The van der Waals surface area contributed by atoms with Gasteiger partial charge < -0.3 is 9.47 Å². The molecule has 1 atom stereocenters. The third kappa shape index (κ3) is 2.00. The Morgan fingerprint density at radius 2 is 2.10 bits per heavy atom. The Balaban J connectivity index is 1.85. The van der Waals surface area contributed by atoms with E-state index in [1.54, 1.807) is 0 Å². The summed E-state index contributed by atoms with van der Waals surface area (Å²) >= 11 is 9.68. The number of alkyl halides is 1. The molecular formula is C15H17BrClN3. The van der Waals surface area contributed by atoms with Crippen molar-refractivity contribution in [3.05, 3.63) is 28.5 Å². The van der Waals surface area contributed by atoms with Gasteiger partial charge in [-0.2, -0.15) is 0 Å². The lowest BCUT2D eigenvalue weighted by Crippen LogP contribution is -2.48. The smallest absolute Gasteiger partial charge is 0.125 e. The first-order valence-corrected chi connectivity index (χ1v) is 8.53. The number of nitrogens with zero attached hydrogens (tertiary/aromatic N) is 3. The predicted octanol–water partition coefficient (Wildman–Crippen LogP) is 3.80. The average Bonchev–Trinajstić information content (AvgIpc) is 2.85. The molecule has 2 bridgehead atoms. The van der Waals surface area contributed by atoms with E-state index in [9.17, 15) is 0 Å². The van der Waals surface area contributed by atoms with Crippen LogP contribution in [0, 0.1) is 5.92 Å². The summed E-state index contributed by atoms with van der Waals surface area (Å²) in [5.74, 6) is 2.27. The molecule has 3 aliphatic heterocycles. The third-order valence-corrected chi connectivity index (χ3v) is 5.53. The summed E-state index contributed by atoms with van der Waals surface area (Å²) in [5, 5.41) is 0. The van der Waals surface area contributed by atoms with Gasteiger partial charge in [0.2, 0.25) is 0 Å². The van der Waals surface area contributed by atoms with Crippen molar-refractivity contribution in [3.8, 4) is 0 Å². The molecule has 3 aliphatic rings. The molecule has 5 heteroatoms. The first-order chi connectivity index (χ1) is 9.76. The molecule has 1 aromatic heterocycles. The summed E-state index contributed by atoms with van der Waals surface area (Å²) in [4.78, 5) is 7.31. The Morgan fingerprint density at radius 3 is 2.75 bits per heavy atom. The summed E-state index contributed by atoms with van der Waals surface area (Å²) < 4.78 is 3.48. The number of piperidine rings is 3. The van der Waals surface area contributed by atoms with Crippen LogP contribution in [0.5, 0.6) is 0 Å². The molecule has 3 nitrogen and oxygen atoms in total. The van der Waals surface area contributed by atoms with Gasteiger partial charge in [0.1, 0.15) is 5.82 Å². The summed E-state index contributed by atoms with van der Waals surface area (Å²) in [7, 11) is 0. The number of fused-ring (bicyclic) bond motifs is 4. The van der Waals surface area contributed by atoms with Gasteiger partial charge >= 0.3 is 0 Å². The number of halogens is 2. The molecule has 0 aliphatic carbocycles. The van der Waals surface area contributed by atoms with Gasteiger partial charge in [0.25, 0.3) is 0 Å². The Bertz CT molecular complexity index is 646. The van der Waals surface area contributed by atoms with Gasteiger partial charge in [0.15, 0.2) is 0 Å². The fraction of sp³-hybridized carbons (Fsp3) is 0.533. The molecule has 3 fully saturated rings. The van der Waals surface area contributed by atoms with E-state index in [0.29, 0.717) is 11.9 Å². The Kier molecular flexibility index (Phi) is 3.28. The van der Waals surface area contributed by atoms with Crippen molar-refractivity contribution < 1.29 is 0 Å². The number of benzene rings is 1. The van der Waals surface area contributed by atoms with Gasteiger partial charge in [-0.15, -0.1) is 11.6 Å². The highest BCUT2D eigenvalue weighted by atomic mass is 79.9. The summed E-state index contributed by atoms with van der Waals surface area (Å²) in [5.41, 5.74) is 2.27. The number of rotatable bonds is 2. The van der Waals surface area contributed by atoms with Gasteiger partial charge in [-0.25, -0.2) is 4.98 Å². The number of hydrogen-bond acceptors (Lipinski definition) is 2. The topological polar surface area (TPSA) is 21.1 Å². The van der Waals surface area contributed by atoms with E-state index in [2.05, 4.69) is 43.6 Å². The lowest BCUT2D eigenvalue weighted by molar-refractivity contribution is 0.0578. The lowest BCUT2D eigenvalue weighted by Gasteiger charge is -2.45. The van der Waals surface area contributed by atoms with Crippen molar-refractivity contribution in [1.82, 2.24) is 14.5 Å². The highest BCUT2D eigenvalue weighted by Crippen LogP contribution is 2.38. The van der Waals surface area contributed by atoms with Crippen LogP contribution in [-0.4, -0.2) is 34.1 Å². The van der Waals surface area contributed by atoms with Crippen LogP contribution in [0.2, 0.25) is 0 Å². The predicted molar refractivity (Wildman–Crippen MR) is 85.2 cm³/mol. The highest BCUT2D eigenvalue weighted by Gasteiger charge is 2.36. The normalized spacial score (nSPS) is 29.2. The van der Waals surface area contributed by atoms with Gasteiger partial charge in [-0.3, -0.25) is 0 Å². The molecule has 4 heterocycles.